The van der Waals surface area contributed by atoms with Crippen LogP contribution in [0.15, 0.2) is 36.4 Å². The third kappa shape index (κ3) is 5.05. The first-order valence-electron chi connectivity index (χ1n) is 11.5. The molecule has 2 aliphatic rings. The van der Waals surface area contributed by atoms with Crippen molar-refractivity contribution in [3.63, 3.8) is 0 Å². The smallest absolute Gasteiger partial charge is 0.124 e. The van der Waals surface area contributed by atoms with Crippen LogP contribution in [-0.4, -0.2) is 67.1 Å². The van der Waals surface area contributed by atoms with Crippen molar-refractivity contribution in [1.82, 2.24) is 14.7 Å². The van der Waals surface area contributed by atoms with E-state index in [9.17, 15) is 0 Å². The van der Waals surface area contributed by atoms with Crippen LogP contribution in [-0.2, 0) is 19.5 Å². The van der Waals surface area contributed by atoms with Crippen LogP contribution in [0.2, 0.25) is 0 Å². The number of nitrogens with zero attached hydrogens (tertiary/aromatic N) is 3. The second-order valence-corrected chi connectivity index (χ2v) is 9.18. The topological polar surface area (TPSA) is 19.0 Å². The van der Waals surface area contributed by atoms with Gasteiger partial charge >= 0.3 is 0 Å². The fourth-order valence-corrected chi connectivity index (χ4v) is 4.59. The maximum Gasteiger partial charge on any atom is 0.124 e. The first-order valence-corrected chi connectivity index (χ1v) is 11.5. The summed E-state index contributed by atoms with van der Waals surface area (Å²) in [6.07, 6.45) is 1.33. The van der Waals surface area contributed by atoms with Gasteiger partial charge in [0.25, 0.3) is 0 Å². The summed E-state index contributed by atoms with van der Waals surface area (Å²) in [4.78, 5) is 7.53. The average Bonchev–Trinajstić information content (AvgIpc) is 2.71. The third-order valence-corrected chi connectivity index (χ3v) is 6.75. The average molecular weight is 408 g/mol. The van der Waals surface area contributed by atoms with Gasteiger partial charge in [0.1, 0.15) is 11.9 Å². The van der Waals surface area contributed by atoms with Crippen LogP contribution in [0.25, 0.3) is 0 Å². The van der Waals surface area contributed by atoms with Crippen molar-refractivity contribution in [2.45, 2.75) is 46.4 Å². The first-order chi connectivity index (χ1) is 14.5. The molecule has 162 valence electrons. The Kier molecular flexibility index (Phi) is 6.77. The molecule has 30 heavy (non-hydrogen) atoms. The molecule has 0 bridgehead atoms. The van der Waals surface area contributed by atoms with Crippen molar-refractivity contribution in [2.24, 2.45) is 0 Å². The fraction of sp³-hybridized carbons (Fsp3) is 0.538. The number of benzene rings is 2. The Hall–Kier alpha value is -1.88. The Balaban J connectivity index is 1.34. The van der Waals surface area contributed by atoms with Crippen LogP contribution in [0, 0.1) is 13.8 Å². The molecule has 0 aromatic heterocycles. The fourth-order valence-electron chi connectivity index (χ4n) is 4.59. The van der Waals surface area contributed by atoms with E-state index in [-0.39, 0.29) is 0 Å². The van der Waals surface area contributed by atoms with E-state index in [1.165, 1.54) is 54.0 Å². The largest absolute Gasteiger partial charge is 0.487 e. The van der Waals surface area contributed by atoms with E-state index in [4.69, 9.17) is 4.74 Å². The standard InChI is InChI=1S/C26H37N3O/c1-5-22-8-6-7-9-26(22)30-25-18-29(19-25)17-24-15-23(20(2)14-21(24)3)16-28-12-10-27(4)11-13-28/h6-9,14-15,25H,5,10-13,16-19H2,1-4H3. The van der Waals surface area contributed by atoms with Crippen LogP contribution in [0.1, 0.15) is 34.7 Å². The van der Waals surface area contributed by atoms with Crippen molar-refractivity contribution in [2.75, 3.05) is 46.3 Å². The number of ether oxygens (including phenoxy) is 1. The van der Waals surface area contributed by atoms with E-state index in [1.54, 1.807) is 0 Å². The number of hydrogen-bond donors (Lipinski definition) is 0. The molecule has 0 unspecified atom stereocenters. The Bertz CT molecular complexity index is 851. The summed E-state index contributed by atoms with van der Waals surface area (Å²) in [5, 5.41) is 0. The van der Waals surface area contributed by atoms with Gasteiger partial charge in [0, 0.05) is 52.4 Å². The maximum atomic E-state index is 6.27. The van der Waals surface area contributed by atoms with Gasteiger partial charge in [-0.1, -0.05) is 37.3 Å². The number of piperazine rings is 1. The minimum absolute atomic E-state index is 0.313. The van der Waals surface area contributed by atoms with Gasteiger partial charge in [0.05, 0.1) is 0 Å². The minimum Gasteiger partial charge on any atom is -0.487 e. The quantitative estimate of drug-likeness (QED) is 0.693. The molecule has 2 heterocycles. The van der Waals surface area contributed by atoms with Gasteiger partial charge in [-0.2, -0.15) is 0 Å². The van der Waals surface area contributed by atoms with E-state index in [1.807, 2.05) is 0 Å². The summed E-state index contributed by atoms with van der Waals surface area (Å²) in [5.74, 6) is 1.06. The highest BCUT2D eigenvalue weighted by molar-refractivity contribution is 5.38. The molecular formula is C26H37N3O. The molecule has 0 atom stereocenters. The van der Waals surface area contributed by atoms with Crippen molar-refractivity contribution >= 4 is 0 Å². The molecule has 4 nitrogen and oxygen atoms in total. The summed E-state index contributed by atoms with van der Waals surface area (Å²) in [7, 11) is 2.22. The molecule has 4 heteroatoms. The van der Waals surface area contributed by atoms with Gasteiger partial charge in [-0.3, -0.25) is 9.80 Å². The second kappa shape index (κ2) is 9.51. The van der Waals surface area contributed by atoms with E-state index >= 15 is 0 Å². The molecular weight excluding hydrogens is 370 g/mol. The van der Waals surface area contributed by atoms with E-state index in [0.717, 1.165) is 38.3 Å². The predicted octanol–water partition coefficient (Wildman–Crippen LogP) is 3.88. The minimum atomic E-state index is 0.313. The molecule has 2 saturated heterocycles. The van der Waals surface area contributed by atoms with Crippen molar-refractivity contribution in [3.05, 3.63) is 64.2 Å². The lowest BCUT2D eigenvalue weighted by molar-refractivity contribution is 0.0139. The van der Waals surface area contributed by atoms with Crippen LogP contribution < -0.4 is 4.74 Å². The lowest BCUT2D eigenvalue weighted by atomic mass is 9.98. The monoisotopic (exact) mass is 407 g/mol. The molecule has 2 aliphatic heterocycles. The van der Waals surface area contributed by atoms with Gasteiger partial charge < -0.3 is 9.64 Å². The molecule has 4 rings (SSSR count). The third-order valence-electron chi connectivity index (χ3n) is 6.75. The van der Waals surface area contributed by atoms with Crippen LogP contribution in [0.5, 0.6) is 5.75 Å². The zero-order valence-electron chi connectivity index (χ0n) is 19.2. The lowest BCUT2D eigenvalue weighted by Crippen LogP contribution is -2.53. The van der Waals surface area contributed by atoms with Crippen LogP contribution in [0.4, 0.5) is 0 Å². The van der Waals surface area contributed by atoms with Crippen LogP contribution >= 0.6 is 0 Å². The highest BCUT2D eigenvalue weighted by Crippen LogP contribution is 2.26. The summed E-state index contributed by atoms with van der Waals surface area (Å²) in [6.45, 7) is 15.5. The molecule has 0 radical (unpaired) electrons. The zero-order chi connectivity index (χ0) is 21.1. The first kappa shape index (κ1) is 21.4. The highest BCUT2D eigenvalue weighted by atomic mass is 16.5. The number of likely N-dealkylation sites (tertiary alicyclic amines) is 1. The number of hydrogen-bond acceptors (Lipinski definition) is 4. The van der Waals surface area contributed by atoms with E-state index in [2.05, 4.69) is 78.9 Å². The van der Waals surface area contributed by atoms with E-state index < -0.39 is 0 Å². The molecule has 2 aromatic rings. The molecule has 0 amide bonds. The molecule has 0 spiro atoms. The van der Waals surface area contributed by atoms with Gasteiger partial charge in [-0.25, -0.2) is 0 Å². The van der Waals surface area contributed by atoms with Gasteiger partial charge in [0.15, 0.2) is 0 Å². The molecule has 2 fully saturated rings. The Morgan fingerprint density at radius 2 is 1.47 bits per heavy atom. The lowest BCUT2D eigenvalue weighted by Gasteiger charge is -2.39. The number of likely N-dealkylation sites (N-methyl/N-ethyl adjacent to an activating group) is 1. The highest BCUT2D eigenvalue weighted by Gasteiger charge is 2.29. The number of para-hydroxylation sites is 1. The van der Waals surface area contributed by atoms with E-state index in [0.29, 0.717) is 6.10 Å². The molecule has 0 aliphatic carbocycles. The second-order valence-electron chi connectivity index (χ2n) is 9.18. The predicted molar refractivity (Wildman–Crippen MR) is 124 cm³/mol. The summed E-state index contributed by atoms with van der Waals surface area (Å²) in [6, 6.07) is 13.3. The summed E-state index contributed by atoms with van der Waals surface area (Å²) in [5.41, 5.74) is 7.10. The van der Waals surface area contributed by atoms with Gasteiger partial charge in [0.2, 0.25) is 0 Å². The molecule has 0 saturated carbocycles. The molecule has 2 aromatic carbocycles. The van der Waals surface area contributed by atoms with Gasteiger partial charge in [-0.15, -0.1) is 0 Å². The summed E-state index contributed by atoms with van der Waals surface area (Å²) >= 11 is 0. The van der Waals surface area contributed by atoms with Gasteiger partial charge in [-0.05, 0) is 61.2 Å². The zero-order valence-corrected chi connectivity index (χ0v) is 19.2. The normalized spacial score (nSPS) is 19.1. The summed E-state index contributed by atoms with van der Waals surface area (Å²) < 4.78 is 6.27. The number of rotatable bonds is 7. The molecule has 0 N–H and O–H groups in total. The van der Waals surface area contributed by atoms with Crippen molar-refractivity contribution < 1.29 is 4.74 Å². The Morgan fingerprint density at radius 3 is 2.13 bits per heavy atom. The SMILES string of the molecule is CCc1ccccc1OC1CN(Cc2cc(CN3CCN(C)CC3)c(C)cc2C)C1. The maximum absolute atomic E-state index is 6.27. The van der Waals surface area contributed by atoms with Crippen molar-refractivity contribution in [1.29, 1.82) is 0 Å². The number of aryl methyl sites for hydroxylation is 3. The van der Waals surface area contributed by atoms with Crippen molar-refractivity contribution in [3.8, 4) is 5.75 Å². The van der Waals surface area contributed by atoms with Crippen LogP contribution in [0.3, 0.4) is 0 Å². The Morgan fingerprint density at radius 1 is 0.833 bits per heavy atom. The Labute approximate surface area is 182 Å².